The van der Waals surface area contributed by atoms with Gasteiger partial charge in [-0.15, -0.1) is 0 Å². The van der Waals surface area contributed by atoms with Crippen molar-refractivity contribution in [3.63, 3.8) is 0 Å². The van der Waals surface area contributed by atoms with Gasteiger partial charge in [-0.1, -0.05) is 27.7 Å². The molecule has 0 amide bonds. The fourth-order valence-corrected chi connectivity index (χ4v) is 2.88. The molecule has 0 saturated carbocycles. The van der Waals surface area contributed by atoms with Crippen LogP contribution in [0.15, 0.2) is 0 Å². The molecular formula is C16H30O4. The summed E-state index contributed by atoms with van der Waals surface area (Å²) in [5, 5.41) is 8.85. The minimum absolute atomic E-state index is 0.0741. The average Bonchev–Trinajstić information content (AvgIpc) is 2.84. The Labute approximate surface area is 122 Å². The van der Waals surface area contributed by atoms with E-state index in [9.17, 15) is 4.79 Å². The predicted octanol–water partition coefficient (Wildman–Crippen LogP) is 2.28. The van der Waals surface area contributed by atoms with Crippen molar-refractivity contribution in [2.45, 2.75) is 66.0 Å². The van der Waals surface area contributed by atoms with Gasteiger partial charge in [0.15, 0.2) is 0 Å². The van der Waals surface area contributed by atoms with Gasteiger partial charge in [0.2, 0.25) is 0 Å². The minimum atomic E-state index is -0.162. The fraction of sp³-hybridized carbons (Fsp3) is 0.938. The normalized spacial score (nSPS) is 47.8. The van der Waals surface area contributed by atoms with Crippen molar-refractivity contribution in [2.75, 3.05) is 6.61 Å². The zero-order valence-corrected chi connectivity index (χ0v) is 13.6. The SMILES string of the molecule is CC1[C@@H](C=O)O[C@@H](C)[C@H]1C.CC1[C@@H](CO)O[C@@H](C)[C@H]1C. The molecule has 4 heteroatoms. The molecule has 2 unspecified atom stereocenters. The summed E-state index contributed by atoms with van der Waals surface area (Å²) < 4.78 is 10.9. The van der Waals surface area contributed by atoms with Crippen molar-refractivity contribution in [3.8, 4) is 0 Å². The van der Waals surface area contributed by atoms with Gasteiger partial charge in [0.25, 0.3) is 0 Å². The molecule has 2 heterocycles. The zero-order chi connectivity index (χ0) is 15.4. The summed E-state index contributed by atoms with van der Waals surface area (Å²) in [5.41, 5.74) is 0. The molecule has 2 aliphatic heterocycles. The lowest BCUT2D eigenvalue weighted by atomic mass is 9.91. The molecule has 8 atom stereocenters. The molecule has 2 rings (SSSR count). The van der Waals surface area contributed by atoms with E-state index in [1.54, 1.807) is 0 Å². The zero-order valence-electron chi connectivity index (χ0n) is 13.6. The van der Waals surface area contributed by atoms with Gasteiger partial charge in [0.05, 0.1) is 24.9 Å². The number of aldehydes is 1. The second-order valence-corrected chi connectivity index (χ2v) is 6.44. The van der Waals surface area contributed by atoms with Crippen molar-refractivity contribution in [1.29, 1.82) is 0 Å². The Hall–Kier alpha value is -0.450. The standard InChI is InChI=1S/C8H16O2.C8H14O2/c2*1-5-6(2)8(4-9)10-7(5)3/h5-9H,4H2,1-3H3;4-8H,1-3H3/t2*5-,6?,7-,8+/m00/s1. The number of aliphatic hydroxyl groups excluding tert-OH is 1. The van der Waals surface area contributed by atoms with Crippen molar-refractivity contribution >= 4 is 6.29 Å². The van der Waals surface area contributed by atoms with Gasteiger partial charge < -0.3 is 19.4 Å². The number of ether oxygens (including phenoxy) is 2. The Balaban J connectivity index is 0.000000200. The second kappa shape index (κ2) is 7.53. The first-order valence-corrected chi connectivity index (χ1v) is 7.70. The molecule has 1 N–H and O–H groups in total. The van der Waals surface area contributed by atoms with Crippen LogP contribution in [0.2, 0.25) is 0 Å². The predicted molar refractivity (Wildman–Crippen MR) is 78.5 cm³/mol. The Bertz CT molecular complexity index is 307. The van der Waals surface area contributed by atoms with Gasteiger partial charge in [0.1, 0.15) is 12.4 Å². The number of carbonyl (C=O) groups is 1. The lowest BCUT2D eigenvalue weighted by Crippen LogP contribution is -2.19. The topological polar surface area (TPSA) is 55.8 Å². The number of carbonyl (C=O) groups excluding carboxylic acids is 1. The molecule has 0 bridgehead atoms. The van der Waals surface area contributed by atoms with Crippen molar-refractivity contribution in [3.05, 3.63) is 0 Å². The smallest absolute Gasteiger partial charge is 0.149 e. The highest BCUT2D eigenvalue weighted by atomic mass is 16.5. The molecule has 0 spiro atoms. The lowest BCUT2D eigenvalue weighted by Gasteiger charge is -2.12. The van der Waals surface area contributed by atoms with Crippen LogP contribution in [-0.4, -0.2) is 42.4 Å². The van der Waals surface area contributed by atoms with Gasteiger partial charge >= 0.3 is 0 Å². The van der Waals surface area contributed by atoms with Crippen LogP contribution in [0.1, 0.15) is 41.5 Å². The van der Waals surface area contributed by atoms with E-state index in [1.807, 2.05) is 6.92 Å². The molecule has 118 valence electrons. The Morgan fingerprint density at radius 1 is 0.850 bits per heavy atom. The van der Waals surface area contributed by atoms with Crippen LogP contribution in [-0.2, 0) is 14.3 Å². The molecule has 2 saturated heterocycles. The third-order valence-corrected chi connectivity index (χ3v) is 5.32. The number of hydrogen-bond acceptors (Lipinski definition) is 4. The highest BCUT2D eigenvalue weighted by Gasteiger charge is 2.36. The number of aliphatic hydroxyl groups is 1. The van der Waals surface area contributed by atoms with Gasteiger partial charge in [-0.05, 0) is 37.5 Å². The Morgan fingerprint density at radius 3 is 1.55 bits per heavy atom. The van der Waals surface area contributed by atoms with Gasteiger partial charge in [-0.2, -0.15) is 0 Å². The summed E-state index contributed by atoms with van der Waals surface area (Å²) in [7, 11) is 0. The quantitative estimate of drug-likeness (QED) is 0.791. The van der Waals surface area contributed by atoms with Crippen molar-refractivity contribution in [1.82, 2.24) is 0 Å². The van der Waals surface area contributed by atoms with Crippen LogP contribution in [0.5, 0.6) is 0 Å². The first-order valence-electron chi connectivity index (χ1n) is 7.70. The summed E-state index contributed by atoms with van der Waals surface area (Å²) in [5.74, 6) is 1.97. The van der Waals surface area contributed by atoms with E-state index < -0.39 is 0 Å². The summed E-state index contributed by atoms with van der Waals surface area (Å²) >= 11 is 0. The maximum Gasteiger partial charge on any atom is 0.149 e. The Morgan fingerprint density at radius 2 is 1.35 bits per heavy atom. The first kappa shape index (κ1) is 17.6. The molecule has 0 aromatic carbocycles. The molecule has 2 aliphatic rings. The summed E-state index contributed by atoms with van der Waals surface area (Å²) in [6.07, 6.45) is 1.37. The van der Waals surface area contributed by atoms with E-state index in [-0.39, 0.29) is 24.9 Å². The summed E-state index contributed by atoms with van der Waals surface area (Å²) in [6.45, 7) is 12.7. The molecule has 0 radical (unpaired) electrons. The van der Waals surface area contributed by atoms with Crippen molar-refractivity contribution < 1.29 is 19.4 Å². The molecule has 0 aromatic heterocycles. The average molecular weight is 286 g/mol. The molecule has 0 aliphatic carbocycles. The Kier molecular flexibility index (Phi) is 6.62. The number of rotatable bonds is 2. The van der Waals surface area contributed by atoms with Gasteiger partial charge in [-0.25, -0.2) is 0 Å². The van der Waals surface area contributed by atoms with E-state index in [4.69, 9.17) is 14.6 Å². The highest BCUT2D eigenvalue weighted by molar-refractivity contribution is 5.57. The monoisotopic (exact) mass is 286 g/mol. The molecule has 4 nitrogen and oxygen atoms in total. The fourth-order valence-electron chi connectivity index (χ4n) is 2.88. The molecule has 0 aromatic rings. The maximum absolute atomic E-state index is 10.4. The van der Waals surface area contributed by atoms with E-state index in [2.05, 4.69) is 34.6 Å². The van der Waals surface area contributed by atoms with Crippen LogP contribution in [0, 0.1) is 23.7 Å². The summed E-state index contributed by atoms with van der Waals surface area (Å²) in [6, 6.07) is 0. The van der Waals surface area contributed by atoms with Crippen LogP contribution < -0.4 is 0 Å². The number of hydrogen-bond donors (Lipinski definition) is 1. The third kappa shape index (κ3) is 3.80. The van der Waals surface area contributed by atoms with Crippen molar-refractivity contribution in [2.24, 2.45) is 23.7 Å². The van der Waals surface area contributed by atoms with E-state index in [1.165, 1.54) is 0 Å². The van der Waals surface area contributed by atoms with Crippen LogP contribution in [0.3, 0.4) is 0 Å². The van der Waals surface area contributed by atoms with Crippen LogP contribution in [0.4, 0.5) is 0 Å². The minimum Gasteiger partial charge on any atom is -0.394 e. The van der Waals surface area contributed by atoms with Gasteiger partial charge in [0, 0.05) is 0 Å². The molecular weight excluding hydrogens is 256 g/mol. The maximum atomic E-state index is 10.4. The van der Waals surface area contributed by atoms with Gasteiger partial charge in [-0.3, -0.25) is 0 Å². The molecule has 2 fully saturated rings. The van der Waals surface area contributed by atoms with Crippen LogP contribution >= 0.6 is 0 Å². The van der Waals surface area contributed by atoms with E-state index in [0.29, 0.717) is 29.8 Å². The lowest BCUT2D eigenvalue weighted by molar-refractivity contribution is -0.118. The second-order valence-electron chi connectivity index (χ2n) is 6.44. The molecule has 20 heavy (non-hydrogen) atoms. The highest BCUT2D eigenvalue weighted by Crippen LogP contribution is 2.31. The van der Waals surface area contributed by atoms with Crippen LogP contribution in [0.25, 0.3) is 0 Å². The largest absolute Gasteiger partial charge is 0.394 e. The van der Waals surface area contributed by atoms with E-state index >= 15 is 0 Å². The summed E-state index contributed by atoms with van der Waals surface area (Å²) in [4.78, 5) is 10.4. The van der Waals surface area contributed by atoms with E-state index in [0.717, 1.165) is 6.29 Å². The first-order chi connectivity index (χ1) is 9.33. The third-order valence-electron chi connectivity index (χ3n) is 5.32.